The highest BCUT2D eigenvalue weighted by atomic mass is 16.1. The molecular formula is C10H10N6O. The van der Waals surface area contributed by atoms with Crippen LogP contribution in [-0.2, 0) is 0 Å². The molecule has 7 heteroatoms. The topological polar surface area (TPSA) is 106 Å². The summed E-state index contributed by atoms with van der Waals surface area (Å²) >= 11 is 0. The van der Waals surface area contributed by atoms with Crippen LogP contribution in [0.4, 0.5) is 11.5 Å². The molecule has 0 bridgehead atoms. The molecule has 7 nitrogen and oxygen atoms in total. The van der Waals surface area contributed by atoms with E-state index >= 15 is 0 Å². The van der Waals surface area contributed by atoms with Gasteiger partial charge in [0.1, 0.15) is 5.69 Å². The van der Waals surface area contributed by atoms with E-state index < -0.39 is 0 Å². The lowest BCUT2D eigenvalue weighted by Gasteiger charge is -2.04. The van der Waals surface area contributed by atoms with Crippen LogP contribution in [0.2, 0.25) is 0 Å². The van der Waals surface area contributed by atoms with Crippen molar-refractivity contribution in [1.29, 1.82) is 0 Å². The molecule has 0 atom stereocenters. The second-order valence-electron chi connectivity index (χ2n) is 3.14. The molecule has 17 heavy (non-hydrogen) atoms. The Hall–Kier alpha value is -2.54. The van der Waals surface area contributed by atoms with Crippen LogP contribution in [0.3, 0.4) is 0 Å². The Bertz CT molecular complexity index is 515. The van der Waals surface area contributed by atoms with E-state index in [1.165, 1.54) is 18.5 Å². The lowest BCUT2D eigenvalue weighted by molar-refractivity contribution is 0.102. The van der Waals surface area contributed by atoms with E-state index in [9.17, 15) is 4.79 Å². The molecule has 4 N–H and O–H groups in total. The van der Waals surface area contributed by atoms with Crippen molar-refractivity contribution in [1.82, 2.24) is 15.2 Å². The van der Waals surface area contributed by atoms with Crippen molar-refractivity contribution in [3.8, 4) is 0 Å². The maximum Gasteiger partial charge on any atom is 0.275 e. The molecule has 0 unspecified atom stereocenters. The quantitative estimate of drug-likeness (QED) is 0.521. The fourth-order valence-corrected chi connectivity index (χ4v) is 1.19. The van der Waals surface area contributed by atoms with Crippen molar-refractivity contribution in [2.75, 3.05) is 10.7 Å². The standard InChI is InChI=1S/C10H10N6O/c11-15-7-3-5-12-8(6-7)10(17)14-9-2-1-4-13-16-9/h1-6H,11H2,(H,12,15)(H,14,16,17). The van der Waals surface area contributed by atoms with Crippen molar-refractivity contribution in [2.24, 2.45) is 5.84 Å². The first-order chi connectivity index (χ1) is 8.29. The monoisotopic (exact) mass is 230 g/mol. The molecule has 2 aromatic rings. The van der Waals surface area contributed by atoms with Gasteiger partial charge in [-0.15, -0.1) is 5.10 Å². The minimum atomic E-state index is -0.373. The van der Waals surface area contributed by atoms with Gasteiger partial charge in [0, 0.05) is 12.4 Å². The third-order valence-electron chi connectivity index (χ3n) is 1.97. The first kappa shape index (κ1) is 11.0. The summed E-state index contributed by atoms with van der Waals surface area (Å²) in [6, 6.07) is 6.49. The van der Waals surface area contributed by atoms with Crippen LogP contribution in [0, 0.1) is 0 Å². The van der Waals surface area contributed by atoms with E-state index in [0.717, 1.165) is 0 Å². The van der Waals surface area contributed by atoms with E-state index in [0.29, 0.717) is 11.5 Å². The maximum absolute atomic E-state index is 11.8. The van der Waals surface area contributed by atoms with Gasteiger partial charge in [-0.3, -0.25) is 15.6 Å². The van der Waals surface area contributed by atoms with Gasteiger partial charge in [0.25, 0.3) is 5.91 Å². The molecule has 0 aliphatic heterocycles. The molecule has 0 radical (unpaired) electrons. The molecule has 2 heterocycles. The van der Waals surface area contributed by atoms with Crippen LogP contribution in [0.25, 0.3) is 0 Å². The lowest BCUT2D eigenvalue weighted by Crippen LogP contribution is -2.16. The highest BCUT2D eigenvalue weighted by Crippen LogP contribution is 2.08. The number of hydrogen-bond acceptors (Lipinski definition) is 6. The Kier molecular flexibility index (Phi) is 3.22. The summed E-state index contributed by atoms with van der Waals surface area (Å²) in [5, 5.41) is 9.95. The smallest absolute Gasteiger partial charge is 0.275 e. The second kappa shape index (κ2) is 4.99. The van der Waals surface area contributed by atoms with Gasteiger partial charge < -0.3 is 10.7 Å². The third-order valence-corrected chi connectivity index (χ3v) is 1.97. The molecule has 0 spiro atoms. The minimum Gasteiger partial charge on any atom is -0.324 e. The molecule has 0 fully saturated rings. The third kappa shape index (κ3) is 2.73. The van der Waals surface area contributed by atoms with Gasteiger partial charge in [-0.2, -0.15) is 5.10 Å². The average molecular weight is 230 g/mol. The number of amides is 1. The van der Waals surface area contributed by atoms with Crippen molar-refractivity contribution in [3.63, 3.8) is 0 Å². The molecule has 0 aliphatic rings. The minimum absolute atomic E-state index is 0.242. The van der Waals surface area contributed by atoms with E-state index in [2.05, 4.69) is 25.9 Å². The molecule has 0 saturated heterocycles. The SMILES string of the molecule is NNc1ccnc(C(=O)Nc2cccnn2)c1. The number of hydrogen-bond donors (Lipinski definition) is 3. The summed E-state index contributed by atoms with van der Waals surface area (Å²) in [7, 11) is 0. The molecule has 2 rings (SSSR count). The fourth-order valence-electron chi connectivity index (χ4n) is 1.19. The van der Waals surface area contributed by atoms with E-state index in [1.807, 2.05) is 0 Å². The van der Waals surface area contributed by atoms with Gasteiger partial charge in [0.15, 0.2) is 5.82 Å². The predicted molar refractivity (Wildman–Crippen MR) is 62.0 cm³/mol. The number of carbonyl (C=O) groups excluding carboxylic acids is 1. The molecule has 1 amide bonds. The van der Waals surface area contributed by atoms with Crippen LogP contribution < -0.4 is 16.6 Å². The molecule has 0 saturated carbocycles. The molecule has 2 aromatic heterocycles. The highest BCUT2D eigenvalue weighted by molar-refractivity contribution is 6.02. The number of carbonyl (C=O) groups is 1. The van der Waals surface area contributed by atoms with Crippen LogP contribution in [0.5, 0.6) is 0 Å². The average Bonchev–Trinajstić information content (AvgIpc) is 2.40. The normalized spacial score (nSPS) is 9.71. The number of anilines is 2. The van der Waals surface area contributed by atoms with Crippen LogP contribution in [-0.4, -0.2) is 21.1 Å². The molecule has 0 aromatic carbocycles. The first-order valence-electron chi connectivity index (χ1n) is 4.81. The maximum atomic E-state index is 11.8. The Morgan fingerprint density at radius 2 is 2.18 bits per heavy atom. The van der Waals surface area contributed by atoms with E-state index in [-0.39, 0.29) is 11.6 Å². The van der Waals surface area contributed by atoms with Gasteiger partial charge in [0.05, 0.1) is 5.69 Å². The van der Waals surface area contributed by atoms with Crippen LogP contribution in [0.15, 0.2) is 36.7 Å². The Balaban J connectivity index is 2.14. The summed E-state index contributed by atoms with van der Waals surface area (Å²) in [5.41, 5.74) is 3.28. The number of aromatic nitrogens is 3. The number of pyridine rings is 1. The van der Waals surface area contributed by atoms with Gasteiger partial charge in [-0.1, -0.05) is 0 Å². The number of nitrogens with two attached hydrogens (primary N) is 1. The van der Waals surface area contributed by atoms with Crippen LogP contribution >= 0.6 is 0 Å². The lowest BCUT2D eigenvalue weighted by atomic mass is 10.3. The number of rotatable bonds is 3. The number of nitrogens with one attached hydrogen (secondary N) is 2. The summed E-state index contributed by atoms with van der Waals surface area (Å²) in [4.78, 5) is 15.7. The van der Waals surface area contributed by atoms with Crippen molar-refractivity contribution >= 4 is 17.4 Å². The Morgan fingerprint density at radius 1 is 1.29 bits per heavy atom. The predicted octanol–water partition coefficient (Wildman–Crippen LogP) is 0.409. The zero-order valence-corrected chi connectivity index (χ0v) is 8.79. The summed E-state index contributed by atoms with van der Waals surface area (Å²) in [6.45, 7) is 0. The van der Waals surface area contributed by atoms with Gasteiger partial charge >= 0.3 is 0 Å². The van der Waals surface area contributed by atoms with Gasteiger partial charge in [-0.05, 0) is 24.3 Å². The van der Waals surface area contributed by atoms with Gasteiger partial charge in [0.2, 0.25) is 0 Å². The Morgan fingerprint density at radius 3 is 2.88 bits per heavy atom. The number of nitrogens with zero attached hydrogens (tertiary/aromatic N) is 3. The van der Waals surface area contributed by atoms with Crippen molar-refractivity contribution in [3.05, 3.63) is 42.4 Å². The van der Waals surface area contributed by atoms with Crippen LogP contribution in [0.1, 0.15) is 10.5 Å². The largest absolute Gasteiger partial charge is 0.324 e. The van der Waals surface area contributed by atoms with E-state index in [4.69, 9.17) is 5.84 Å². The second-order valence-corrected chi connectivity index (χ2v) is 3.14. The summed E-state index contributed by atoms with van der Waals surface area (Å²) in [5.74, 6) is 5.23. The van der Waals surface area contributed by atoms with Crippen molar-refractivity contribution < 1.29 is 4.79 Å². The molecular weight excluding hydrogens is 220 g/mol. The van der Waals surface area contributed by atoms with Crippen molar-refractivity contribution in [2.45, 2.75) is 0 Å². The van der Waals surface area contributed by atoms with Gasteiger partial charge in [-0.25, -0.2) is 0 Å². The molecule has 0 aliphatic carbocycles. The number of hydrazine groups is 1. The summed E-state index contributed by atoms with van der Waals surface area (Å²) < 4.78 is 0. The zero-order valence-electron chi connectivity index (χ0n) is 8.79. The highest BCUT2D eigenvalue weighted by Gasteiger charge is 2.08. The van der Waals surface area contributed by atoms with E-state index in [1.54, 1.807) is 18.2 Å². The summed E-state index contributed by atoms with van der Waals surface area (Å²) in [6.07, 6.45) is 3.01. The first-order valence-corrected chi connectivity index (χ1v) is 4.81. The molecule has 86 valence electrons. The number of nitrogen functional groups attached to an aromatic ring is 1. The fraction of sp³-hybridized carbons (Fsp3) is 0. The zero-order chi connectivity index (χ0) is 12.1. The Labute approximate surface area is 97.1 Å².